The number of nitrogens with zero attached hydrogens (tertiary/aromatic N) is 1. The summed E-state index contributed by atoms with van der Waals surface area (Å²) in [5, 5.41) is 3.74. The molecule has 4 aromatic carbocycles. The molecular weight excluding hydrogens is 539 g/mol. The van der Waals surface area contributed by atoms with Gasteiger partial charge in [-0.05, 0) is 41.0 Å². The molecule has 0 bridgehead atoms. The molecule has 0 saturated carbocycles. The quantitative estimate of drug-likeness (QED) is 0.210. The number of aromatic nitrogens is 1. The zero-order valence-corrected chi connectivity index (χ0v) is 23.3. The molecule has 38 heavy (non-hydrogen) atoms. The first kappa shape index (κ1) is 22.4. The van der Waals surface area contributed by atoms with Crippen molar-refractivity contribution in [1.29, 1.82) is 0 Å². The van der Waals surface area contributed by atoms with Crippen molar-refractivity contribution in [2.75, 3.05) is 0 Å². The van der Waals surface area contributed by atoms with Crippen LogP contribution in [0.5, 0.6) is 0 Å². The van der Waals surface area contributed by atoms with E-state index in [4.69, 9.17) is 4.98 Å². The summed E-state index contributed by atoms with van der Waals surface area (Å²) in [7, 11) is 0. The van der Waals surface area contributed by atoms with Crippen molar-refractivity contribution in [2.24, 2.45) is 0 Å². The predicted molar refractivity (Wildman–Crippen MR) is 170 cm³/mol. The molecule has 4 heterocycles. The first-order valence-corrected chi connectivity index (χ1v) is 15.6. The van der Waals surface area contributed by atoms with Crippen molar-refractivity contribution in [3.05, 3.63) is 115 Å². The molecule has 0 amide bonds. The maximum Gasteiger partial charge on any atom is 0.134 e. The molecule has 8 aromatic rings. The van der Waals surface area contributed by atoms with E-state index < -0.39 is 0 Å². The minimum atomic E-state index is 1.10. The summed E-state index contributed by atoms with van der Waals surface area (Å²) in [6, 6.07) is 41.3. The van der Waals surface area contributed by atoms with Gasteiger partial charge in [0, 0.05) is 25.4 Å². The molecule has 0 fully saturated rings. The van der Waals surface area contributed by atoms with Crippen LogP contribution in [-0.2, 0) is 0 Å². The van der Waals surface area contributed by atoms with Gasteiger partial charge < -0.3 is 0 Å². The van der Waals surface area contributed by atoms with Gasteiger partial charge in [-0.15, -0.1) is 45.3 Å². The van der Waals surface area contributed by atoms with Crippen molar-refractivity contribution in [3.63, 3.8) is 0 Å². The highest BCUT2D eigenvalue weighted by Crippen LogP contribution is 2.50. The Labute approximate surface area is 235 Å². The molecule has 0 saturated heterocycles. The predicted octanol–water partition coefficient (Wildman–Crippen LogP) is 11.5. The van der Waals surface area contributed by atoms with Crippen LogP contribution in [0.15, 0.2) is 115 Å². The van der Waals surface area contributed by atoms with Crippen LogP contribution in [-0.4, -0.2) is 4.98 Å². The fourth-order valence-corrected chi connectivity index (χ4v) is 9.66. The van der Waals surface area contributed by atoms with Gasteiger partial charge in [0.15, 0.2) is 0 Å². The largest absolute Gasteiger partial charge is 0.234 e. The van der Waals surface area contributed by atoms with Crippen LogP contribution in [0.2, 0.25) is 0 Å². The lowest BCUT2D eigenvalue weighted by Gasteiger charge is -1.95. The fraction of sp³-hybridized carbons (Fsp3) is 0. The Morgan fingerprint density at radius 3 is 1.50 bits per heavy atom. The first-order chi connectivity index (χ1) is 18.8. The second-order valence-electron chi connectivity index (χ2n) is 9.17. The summed E-state index contributed by atoms with van der Waals surface area (Å²) in [4.78, 5) is 10.4. The van der Waals surface area contributed by atoms with Gasteiger partial charge in [-0.3, -0.25) is 0 Å². The van der Waals surface area contributed by atoms with E-state index in [9.17, 15) is 0 Å². The molecule has 180 valence electrons. The van der Waals surface area contributed by atoms with E-state index in [-0.39, 0.29) is 0 Å². The minimum Gasteiger partial charge on any atom is -0.234 e. The normalized spacial score (nSPS) is 11.7. The fourth-order valence-electron chi connectivity index (χ4n) is 4.96. The van der Waals surface area contributed by atoms with E-state index in [1.54, 1.807) is 0 Å². The zero-order chi connectivity index (χ0) is 25.1. The van der Waals surface area contributed by atoms with Crippen LogP contribution >= 0.6 is 45.3 Å². The van der Waals surface area contributed by atoms with E-state index in [0.29, 0.717) is 0 Å². The Hall–Kier alpha value is -3.61. The summed E-state index contributed by atoms with van der Waals surface area (Å²) >= 11 is 7.41. The SMILES string of the molecule is c1ccc(-c2ccc(-c3nc4c5sc(-c6ccccc6)cc5c5cc(-c6ccccc6)sc5c4s3)s2)cc1. The van der Waals surface area contributed by atoms with Crippen LogP contribution < -0.4 is 0 Å². The average molecular weight is 558 g/mol. The van der Waals surface area contributed by atoms with Gasteiger partial charge >= 0.3 is 0 Å². The summed E-state index contributed by atoms with van der Waals surface area (Å²) in [6.07, 6.45) is 0. The maximum atomic E-state index is 5.30. The van der Waals surface area contributed by atoms with Gasteiger partial charge in [0.25, 0.3) is 0 Å². The van der Waals surface area contributed by atoms with E-state index in [1.165, 1.54) is 61.1 Å². The highest BCUT2D eigenvalue weighted by Gasteiger charge is 2.20. The lowest BCUT2D eigenvalue weighted by molar-refractivity contribution is 1.53. The molecule has 0 atom stereocenters. The molecular formula is C33H19NS4. The van der Waals surface area contributed by atoms with Crippen molar-refractivity contribution in [2.45, 2.75) is 0 Å². The van der Waals surface area contributed by atoms with Gasteiger partial charge in [-0.1, -0.05) is 91.0 Å². The highest BCUT2D eigenvalue weighted by atomic mass is 32.1. The van der Waals surface area contributed by atoms with E-state index in [1.807, 2.05) is 45.3 Å². The topological polar surface area (TPSA) is 12.9 Å². The number of hydrogen-bond donors (Lipinski definition) is 0. The van der Waals surface area contributed by atoms with Crippen molar-refractivity contribution in [3.8, 4) is 41.2 Å². The molecule has 0 aliphatic heterocycles. The van der Waals surface area contributed by atoms with Crippen LogP contribution in [0.25, 0.3) is 71.6 Å². The van der Waals surface area contributed by atoms with Crippen molar-refractivity contribution >= 4 is 75.7 Å². The number of rotatable bonds is 4. The van der Waals surface area contributed by atoms with E-state index in [0.717, 1.165) is 10.5 Å². The number of thiazole rings is 1. The number of thiophene rings is 3. The van der Waals surface area contributed by atoms with Gasteiger partial charge in [0.05, 0.1) is 19.0 Å². The van der Waals surface area contributed by atoms with Crippen LogP contribution in [0.3, 0.4) is 0 Å². The number of hydrogen-bond acceptors (Lipinski definition) is 5. The molecule has 0 aliphatic carbocycles. The molecule has 4 aromatic heterocycles. The average Bonchev–Trinajstić information content (AvgIpc) is 3.78. The molecule has 0 aliphatic rings. The molecule has 0 unspecified atom stereocenters. The monoisotopic (exact) mass is 557 g/mol. The summed E-state index contributed by atoms with van der Waals surface area (Å²) in [5.41, 5.74) is 4.92. The summed E-state index contributed by atoms with van der Waals surface area (Å²) < 4.78 is 3.92. The zero-order valence-electron chi connectivity index (χ0n) is 20.0. The minimum absolute atomic E-state index is 1.10. The lowest BCUT2D eigenvalue weighted by Crippen LogP contribution is -1.72. The first-order valence-electron chi connectivity index (χ1n) is 12.4. The van der Waals surface area contributed by atoms with Gasteiger partial charge in [-0.25, -0.2) is 4.98 Å². The molecule has 8 rings (SSSR count). The van der Waals surface area contributed by atoms with Crippen molar-refractivity contribution < 1.29 is 0 Å². The third kappa shape index (κ3) is 3.66. The smallest absolute Gasteiger partial charge is 0.134 e. The number of fused-ring (bicyclic) bond motifs is 6. The second kappa shape index (κ2) is 9.00. The highest BCUT2D eigenvalue weighted by molar-refractivity contribution is 7.32. The Bertz CT molecular complexity index is 1950. The van der Waals surface area contributed by atoms with Gasteiger partial charge in [-0.2, -0.15) is 0 Å². The third-order valence-electron chi connectivity index (χ3n) is 6.79. The van der Waals surface area contributed by atoms with Gasteiger partial charge in [0.1, 0.15) is 10.5 Å². The van der Waals surface area contributed by atoms with Crippen molar-refractivity contribution in [1.82, 2.24) is 4.98 Å². The second-order valence-corrected chi connectivity index (χ2v) is 13.4. The maximum absolute atomic E-state index is 5.30. The van der Waals surface area contributed by atoms with E-state index in [2.05, 4.69) is 115 Å². The number of benzene rings is 4. The molecule has 1 nitrogen and oxygen atoms in total. The Balaban J connectivity index is 1.38. The van der Waals surface area contributed by atoms with Crippen LogP contribution in [0, 0.1) is 0 Å². The standard InChI is InChI=1S/C33H19NS4/c1-4-10-20(11-5-1)25-16-17-26(35-25)33-34-29-30-23(18-27(36-30)21-12-6-2-7-13-21)24-19-28(22-14-8-3-9-15-22)37-31(24)32(29)38-33/h1-19H. The van der Waals surface area contributed by atoms with Crippen LogP contribution in [0.1, 0.15) is 0 Å². The van der Waals surface area contributed by atoms with Gasteiger partial charge in [0.2, 0.25) is 0 Å². The summed E-state index contributed by atoms with van der Waals surface area (Å²) in [5.74, 6) is 0. The Kier molecular flexibility index (Phi) is 5.30. The van der Waals surface area contributed by atoms with Crippen LogP contribution in [0.4, 0.5) is 0 Å². The molecule has 5 heteroatoms. The van der Waals surface area contributed by atoms with E-state index >= 15 is 0 Å². The lowest BCUT2D eigenvalue weighted by atomic mass is 10.1. The molecule has 0 radical (unpaired) electrons. The summed E-state index contributed by atoms with van der Waals surface area (Å²) in [6.45, 7) is 0. The third-order valence-corrected chi connectivity index (χ3v) is 11.7. The Morgan fingerprint density at radius 1 is 0.395 bits per heavy atom. The Morgan fingerprint density at radius 2 is 0.895 bits per heavy atom. The molecule has 0 spiro atoms. The molecule has 0 N–H and O–H groups in total.